The first-order valence-corrected chi connectivity index (χ1v) is 5.26. The van der Waals surface area contributed by atoms with Crippen LogP contribution in [0.1, 0.15) is 26.7 Å². The van der Waals surface area contributed by atoms with E-state index in [1.807, 2.05) is 13.8 Å². The number of hydrogen-bond acceptors (Lipinski definition) is 4. The Morgan fingerprint density at radius 2 is 2.36 bits per heavy atom. The molecule has 0 aromatic carbocycles. The van der Waals surface area contributed by atoms with Gasteiger partial charge < -0.3 is 4.74 Å². The molecule has 1 aliphatic heterocycles. The molecule has 0 aromatic rings. The Hall–Kier alpha value is -0.610. The van der Waals surface area contributed by atoms with Crippen molar-refractivity contribution < 1.29 is 9.53 Å². The summed E-state index contributed by atoms with van der Waals surface area (Å²) in [6.07, 6.45) is 1.89. The minimum Gasteiger partial charge on any atom is -0.465 e. The fourth-order valence-corrected chi connectivity index (χ4v) is 1.57. The molecular weight excluding hydrogens is 180 g/mol. The van der Waals surface area contributed by atoms with Gasteiger partial charge in [-0.3, -0.25) is 10.6 Å². The van der Waals surface area contributed by atoms with E-state index in [0.29, 0.717) is 19.1 Å². The number of piperidine rings is 1. The molecule has 1 fully saturated rings. The van der Waals surface area contributed by atoms with Gasteiger partial charge in [0.1, 0.15) is 0 Å². The summed E-state index contributed by atoms with van der Waals surface area (Å²) in [5.41, 5.74) is 0. The van der Waals surface area contributed by atoms with E-state index in [1.54, 1.807) is 5.01 Å². The lowest BCUT2D eigenvalue weighted by atomic mass is 9.99. The van der Waals surface area contributed by atoms with Gasteiger partial charge in [0.15, 0.2) is 0 Å². The Labute approximate surface area is 85.4 Å². The maximum absolute atomic E-state index is 11.5. The fourth-order valence-electron chi connectivity index (χ4n) is 1.57. The normalized spacial score (nSPS) is 23.9. The Morgan fingerprint density at radius 3 is 2.93 bits per heavy atom. The topological polar surface area (TPSA) is 55.6 Å². The summed E-state index contributed by atoms with van der Waals surface area (Å²) in [6.45, 7) is 6.09. The van der Waals surface area contributed by atoms with Gasteiger partial charge in [-0.1, -0.05) is 13.8 Å². The van der Waals surface area contributed by atoms with Gasteiger partial charge in [-0.2, -0.15) is 0 Å². The zero-order chi connectivity index (χ0) is 10.6. The van der Waals surface area contributed by atoms with Gasteiger partial charge in [0.25, 0.3) is 0 Å². The average Bonchev–Trinajstić information content (AvgIpc) is 2.14. The van der Waals surface area contributed by atoms with Crippen LogP contribution in [0.15, 0.2) is 0 Å². The van der Waals surface area contributed by atoms with Crippen molar-refractivity contribution in [3.05, 3.63) is 0 Å². The largest absolute Gasteiger partial charge is 0.465 e. The Kier molecular flexibility index (Phi) is 4.35. The van der Waals surface area contributed by atoms with Crippen LogP contribution in [0, 0.1) is 11.8 Å². The van der Waals surface area contributed by atoms with Crippen LogP contribution in [-0.2, 0) is 9.53 Å². The predicted octanol–water partition coefficient (Wildman–Crippen LogP) is 0.771. The average molecular weight is 200 g/mol. The molecule has 4 heteroatoms. The lowest BCUT2D eigenvalue weighted by molar-refractivity contribution is -0.151. The van der Waals surface area contributed by atoms with Gasteiger partial charge in [-0.05, 0) is 18.8 Å². The smallest absolute Gasteiger partial charge is 0.310 e. The summed E-state index contributed by atoms with van der Waals surface area (Å²) in [6, 6.07) is 0. The molecule has 0 saturated carbocycles. The maximum atomic E-state index is 11.5. The summed E-state index contributed by atoms with van der Waals surface area (Å²) in [4.78, 5) is 11.5. The quantitative estimate of drug-likeness (QED) is 0.540. The third-order valence-corrected chi connectivity index (χ3v) is 2.35. The highest BCUT2D eigenvalue weighted by molar-refractivity contribution is 5.72. The molecule has 0 aromatic heterocycles. The molecule has 2 N–H and O–H groups in total. The van der Waals surface area contributed by atoms with Crippen LogP contribution in [0.5, 0.6) is 0 Å². The third-order valence-electron chi connectivity index (χ3n) is 2.35. The molecule has 0 bridgehead atoms. The van der Waals surface area contributed by atoms with E-state index in [-0.39, 0.29) is 11.9 Å². The molecule has 1 unspecified atom stereocenters. The molecule has 0 amide bonds. The Balaban J connectivity index is 2.29. The number of nitrogens with zero attached hydrogens (tertiary/aromatic N) is 1. The van der Waals surface area contributed by atoms with Crippen molar-refractivity contribution in [2.45, 2.75) is 26.7 Å². The van der Waals surface area contributed by atoms with E-state index in [9.17, 15) is 4.79 Å². The minimum atomic E-state index is -0.0890. The molecular formula is C10H20N2O2. The van der Waals surface area contributed by atoms with E-state index < -0.39 is 0 Å². The summed E-state index contributed by atoms with van der Waals surface area (Å²) in [7, 11) is 0. The van der Waals surface area contributed by atoms with Crippen molar-refractivity contribution in [3.8, 4) is 0 Å². The van der Waals surface area contributed by atoms with Crippen molar-refractivity contribution in [2.24, 2.45) is 17.7 Å². The first-order chi connectivity index (χ1) is 6.59. The molecule has 0 aliphatic carbocycles. The maximum Gasteiger partial charge on any atom is 0.310 e. The third kappa shape index (κ3) is 3.64. The first kappa shape index (κ1) is 11.5. The summed E-state index contributed by atoms with van der Waals surface area (Å²) in [5.74, 6) is 5.93. The lowest BCUT2D eigenvalue weighted by Crippen LogP contribution is -2.43. The van der Waals surface area contributed by atoms with Crippen molar-refractivity contribution in [1.29, 1.82) is 0 Å². The molecule has 1 saturated heterocycles. The number of hydrogen-bond donors (Lipinski definition) is 1. The number of rotatable bonds is 3. The number of carbonyl (C=O) groups excluding carboxylic acids is 1. The van der Waals surface area contributed by atoms with Crippen LogP contribution >= 0.6 is 0 Å². The van der Waals surface area contributed by atoms with Gasteiger partial charge in [-0.15, -0.1) is 0 Å². The van der Waals surface area contributed by atoms with Crippen LogP contribution in [0.2, 0.25) is 0 Å². The van der Waals surface area contributed by atoms with Gasteiger partial charge in [-0.25, -0.2) is 5.01 Å². The summed E-state index contributed by atoms with van der Waals surface area (Å²) in [5, 5.41) is 1.70. The van der Waals surface area contributed by atoms with Crippen LogP contribution < -0.4 is 5.84 Å². The molecule has 14 heavy (non-hydrogen) atoms. The van der Waals surface area contributed by atoms with Crippen molar-refractivity contribution >= 4 is 5.97 Å². The Morgan fingerprint density at radius 1 is 1.64 bits per heavy atom. The van der Waals surface area contributed by atoms with Crippen molar-refractivity contribution in [3.63, 3.8) is 0 Å². The minimum absolute atomic E-state index is 0.0208. The molecule has 4 nitrogen and oxygen atoms in total. The van der Waals surface area contributed by atoms with E-state index in [0.717, 1.165) is 19.4 Å². The monoisotopic (exact) mass is 200 g/mol. The number of esters is 1. The highest BCUT2D eigenvalue weighted by atomic mass is 16.5. The lowest BCUT2D eigenvalue weighted by Gasteiger charge is -2.27. The van der Waals surface area contributed by atoms with E-state index >= 15 is 0 Å². The highest BCUT2D eigenvalue weighted by Crippen LogP contribution is 2.15. The second kappa shape index (κ2) is 5.32. The Bertz CT molecular complexity index is 195. The van der Waals surface area contributed by atoms with Crippen LogP contribution in [0.3, 0.4) is 0 Å². The van der Waals surface area contributed by atoms with E-state index in [4.69, 9.17) is 10.6 Å². The summed E-state index contributed by atoms with van der Waals surface area (Å²) >= 11 is 0. The molecule has 0 radical (unpaired) electrons. The van der Waals surface area contributed by atoms with Crippen LogP contribution in [0.25, 0.3) is 0 Å². The van der Waals surface area contributed by atoms with Gasteiger partial charge in [0.05, 0.1) is 12.5 Å². The predicted molar refractivity (Wildman–Crippen MR) is 54.3 cm³/mol. The first-order valence-electron chi connectivity index (χ1n) is 5.26. The second-order valence-corrected chi connectivity index (χ2v) is 4.36. The zero-order valence-electron chi connectivity index (χ0n) is 9.03. The molecule has 82 valence electrons. The SMILES string of the molecule is CC(C)COC(=O)C1CCCN(N)C1. The second-order valence-electron chi connectivity index (χ2n) is 4.36. The number of ether oxygens (including phenoxy) is 1. The zero-order valence-corrected chi connectivity index (χ0v) is 9.03. The van der Waals surface area contributed by atoms with Gasteiger partial charge >= 0.3 is 5.97 Å². The van der Waals surface area contributed by atoms with Gasteiger partial charge in [0, 0.05) is 13.1 Å². The van der Waals surface area contributed by atoms with Crippen LogP contribution in [-0.4, -0.2) is 30.7 Å². The molecule has 1 heterocycles. The summed E-state index contributed by atoms with van der Waals surface area (Å²) < 4.78 is 5.17. The fraction of sp³-hybridized carbons (Fsp3) is 0.900. The highest BCUT2D eigenvalue weighted by Gasteiger charge is 2.25. The number of hydrazine groups is 1. The van der Waals surface area contributed by atoms with Crippen molar-refractivity contribution in [1.82, 2.24) is 5.01 Å². The van der Waals surface area contributed by atoms with E-state index in [2.05, 4.69) is 0 Å². The van der Waals surface area contributed by atoms with Crippen LogP contribution in [0.4, 0.5) is 0 Å². The van der Waals surface area contributed by atoms with Crippen molar-refractivity contribution in [2.75, 3.05) is 19.7 Å². The molecule has 1 atom stereocenters. The standard InChI is InChI=1S/C10H20N2O2/c1-8(2)7-14-10(13)9-4-3-5-12(11)6-9/h8-9H,3-7,11H2,1-2H3. The molecule has 1 rings (SSSR count). The number of carbonyl (C=O) groups is 1. The van der Waals surface area contributed by atoms with E-state index in [1.165, 1.54) is 0 Å². The molecule has 1 aliphatic rings. The molecule has 0 spiro atoms. The number of nitrogens with two attached hydrogens (primary N) is 1. The van der Waals surface area contributed by atoms with Gasteiger partial charge in [0.2, 0.25) is 0 Å².